The first-order valence-corrected chi connectivity index (χ1v) is 8.41. The molecule has 0 saturated heterocycles. The van der Waals surface area contributed by atoms with Gasteiger partial charge >= 0.3 is 0 Å². The molecule has 20 heavy (non-hydrogen) atoms. The van der Waals surface area contributed by atoms with Crippen LogP contribution in [0.4, 0.5) is 0 Å². The summed E-state index contributed by atoms with van der Waals surface area (Å²) in [5.41, 5.74) is 0. The van der Waals surface area contributed by atoms with E-state index in [0.29, 0.717) is 16.6 Å². The van der Waals surface area contributed by atoms with Gasteiger partial charge < -0.3 is 4.74 Å². The third-order valence-electron chi connectivity index (χ3n) is 2.77. The number of ether oxygens (including phenoxy) is 1. The van der Waals surface area contributed by atoms with Crippen molar-refractivity contribution < 1.29 is 13.2 Å². The number of benzene rings is 1. The summed E-state index contributed by atoms with van der Waals surface area (Å²) in [6, 6.07) is 9.91. The average Bonchev–Trinajstić information content (AvgIpc) is 2.84. The van der Waals surface area contributed by atoms with Gasteiger partial charge in [0.2, 0.25) is 10.0 Å². The summed E-state index contributed by atoms with van der Waals surface area (Å²) in [4.78, 5) is 1.14. The van der Waals surface area contributed by atoms with Crippen molar-refractivity contribution in [1.82, 2.24) is 4.31 Å². The molecule has 1 aromatic carbocycles. The zero-order chi connectivity index (χ0) is 14.8. The van der Waals surface area contributed by atoms with Crippen LogP contribution >= 0.6 is 22.9 Å². The molecule has 2 rings (SSSR count). The van der Waals surface area contributed by atoms with Crippen LogP contribution in [0.2, 0.25) is 4.34 Å². The first-order valence-electron chi connectivity index (χ1n) is 5.78. The quantitative estimate of drug-likeness (QED) is 0.845. The van der Waals surface area contributed by atoms with Crippen molar-refractivity contribution in [2.45, 2.75) is 11.4 Å². The SMILES string of the molecule is COc1ccc(S(=O)(=O)N(C)Cc2ccc(Cl)s2)cc1. The number of nitrogens with zero attached hydrogens (tertiary/aromatic N) is 1. The van der Waals surface area contributed by atoms with Gasteiger partial charge in [0.05, 0.1) is 16.3 Å². The Morgan fingerprint density at radius 1 is 1.20 bits per heavy atom. The molecule has 0 unspecified atom stereocenters. The van der Waals surface area contributed by atoms with Gasteiger partial charge in [-0.15, -0.1) is 11.3 Å². The van der Waals surface area contributed by atoms with Gasteiger partial charge in [-0.05, 0) is 36.4 Å². The zero-order valence-corrected chi connectivity index (χ0v) is 13.4. The molecular formula is C13H14ClNO3S2. The number of hydrogen-bond donors (Lipinski definition) is 0. The lowest BCUT2D eigenvalue weighted by Crippen LogP contribution is -2.26. The van der Waals surface area contributed by atoms with E-state index in [9.17, 15) is 8.42 Å². The zero-order valence-electron chi connectivity index (χ0n) is 11.0. The molecule has 0 N–H and O–H groups in total. The molecule has 0 aliphatic rings. The van der Waals surface area contributed by atoms with Crippen LogP contribution in [-0.4, -0.2) is 26.9 Å². The van der Waals surface area contributed by atoms with Crippen LogP contribution in [0.1, 0.15) is 4.88 Å². The van der Waals surface area contributed by atoms with Gasteiger partial charge in [0, 0.05) is 18.5 Å². The summed E-state index contributed by atoms with van der Waals surface area (Å²) in [6.45, 7) is 0.297. The maximum Gasteiger partial charge on any atom is 0.243 e. The van der Waals surface area contributed by atoms with E-state index < -0.39 is 10.0 Å². The Hall–Kier alpha value is -1.08. The molecule has 1 aromatic heterocycles. The van der Waals surface area contributed by atoms with Crippen molar-refractivity contribution in [1.29, 1.82) is 0 Å². The minimum absolute atomic E-state index is 0.239. The Morgan fingerprint density at radius 3 is 2.35 bits per heavy atom. The number of halogens is 1. The Kier molecular flexibility index (Phi) is 4.70. The molecule has 108 valence electrons. The molecule has 1 heterocycles. The second kappa shape index (κ2) is 6.13. The normalized spacial score (nSPS) is 11.8. The molecular weight excluding hydrogens is 318 g/mol. The summed E-state index contributed by atoms with van der Waals surface area (Å²) >= 11 is 7.22. The molecule has 4 nitrogen and oxygen atoms in total. The van der Waals surface area contributed by atoms with Gasteiger partial charge in [-0.25, -0.2) is 8.42 Å². The van der Waals surface area contributed by atoms with E-state index in [0.717, 1.165) is 4.88 Å². The molecule has 2 aromatic rings. The van der Waals surface area contributed by atoms with Crippen LogP contribution in [-0.2, 0) is 16.6 Å². The van der Waals surface area contributed by atoms with Crippen molar-refractivity contribution in [3.8, 4) is 5.75 Å². The molecule has 0 radical (unpaired) electrons. The predicted molar refractivity (Wildman–Crippen MR) is 81.0 cm³/mol. The largest absolute Gasteiger partial charge is 0.497 e. The van der Waals surface area contributed by atoms with Crippen molar-refractivity contribution in [3.05, 3.63) is 45.6 Å². The number of sulfonamides is 1. The Labute approximate surface area is 127 Å². The van der Waals surface area contributed by atoms with Crippen molar-refractivity contribution in [2.24, 2.45) is 0 Å². The fraction of sp³-hybridized carbons (Fsp3) is 0.231. The number of rotatable bonds is 5. The van der Waals surface area contributed by atoms with Gasteiger partial charge in [0.25, 0.3) is 0 Å². The molecule has 0 amide bonds. The summed E-state index contributed by atoms with van der Waals surface area (Å²) < 4.78 is 31.8. The molecule has 0 bridgehead atoms. The minimum atomic E-state index is -3.51. The van der Waals surface area contributed by atoms with E-state index in [-0.39, 0.29) is 4.90 Å². The standard InChI is InChI=1S/C13H14ClNO3S2/c1-15(9-11-5-8-13(14)19-11)20(16,17)12-6-3-10(18-2)4-7-12/h3-8H,9H2,1-2H3. The fourth-order valence-corrected chi connectivity index (χ4v) is 4.04. The molecule has 0 aliphatic carbocycles. The maximum absolute atomic E-state index is 12.4. The third-order valence-corrected chi connectivity index (χ3v) is 5.81. The van der Waals surface area contributed by atoms with Crippen LogP contribution in [0, 0.1) is 0 Å². The van der Waals surface area contributed by atoms with E-state index in [1.807, 2.05) is 6.07 Å². The topological polar surface area (TPSA) is 46.6 Å². The van der Waals surface area contributed by atoms with Crippen molar-refractivity contribution >= 4 is 33.0 Å². The maximum atomic E-state index is 12.4. The number of thiophene rings is 1. The average molecular weight is 332 g/mol. The van der Waals surface area contributed by atoms with Gasteiger partial charge in [-0.1, -0.05) is 11.6 Å². The Bertz CT molecular complexity index is 680. The Balaban J connectivity index is 2.19. The Morgan fingerprint density at radius 2 is 1.85 bits per heavy atom. The van der Waals surface area contributed by atoms with Gasteiger partial charge in [0.1, 0.15) is 5.75 Å². The van der Waals surface area contributed by atoms with E-state index in [2.05, 4.69) is 0 Å². The lowest BCUT2D eigenvalue weighted by molar-refractivity contribution is 0.414. The first kappa shape index (κ1) is 15.3. The molecule has 0 aliphatic heterocycles. The molecule has 7 heteroatoms. The highest BCUT2D eigenvalue weighted by molar-refractivity contribution is 7.89. The highest BCUT2D eigenvalue weighted by atomic mass is 35.5. The lowest BCUT2D eigenvalue weighted by atomic mass is 10.3. The van der Waals surface area contributed by atoms with Crippen LogP contribution in [0.5, 0.6) is 5.75 Å². The van der Waals surface area contributed by atoms with E-state index in [1.165, 1.54) is 34.9 Å². The first-order chi connectivity index (χ1) is 9.43. The monoisotopic (exact) mass is 331 g/mol. The van der Waals surface area contributed by atoms with Crippen molar-refractivity contribution in [3.63, 3.8) is 0 Å². The number of methoxy groups -OCH3 is 1. The van der Waals surface area contributed by atoms with E-state index >= 15 is 0 Å². The minimum Gasteiger partial charge on any atom is -0.497 e. The lowest BCUT2D eigenvalue weighted by Gasteiger charge is -2.16. The summed E-state index contributed by atoms with van der Waals surface area (Å²) in [5, 5.41) is 0. The second-order valence-corrected chi connectivity index (χ2v) is 7.99. The van der Waals surface area contributed by atoms with E-state index in [1.54, 1.807) is 25.2 Å². The second-order valence-electron chi connectivity index (χ2n) is 4.14. The molecule has 0 spiro atoms. The summed E-state index contributed by atoms with van der Waals surface area (Å²) in [5.74, 6) is 0.622. The highest BCUT2D eigenvalue weighted by Crippen LogP contribution is 2.25. The molecule has 0 fully saturated rings. The van der Waals surface area contributed by atoms with Crippen LogP contribution in [0.15, 0.2) is 41.3 Å². The van der Waals surface area contributed by atoms with Crippen LogP contribution in [0.25, 0.3) is 0 Å². The van der Waals surface area contributed by atoms with E-state index in [4.69, 9.17) is 16.3 Å². The highest BCUT2D eigenvalue weighted by Gasteiger charge is 2.21. The summed E-state index contributed by atoms with van der Waals surface area (Å²) in [7, 11) is -0.425. The van der Waals surface area contributed by atoms with Crippen LogP contribution < -0.4 is 4.74 Å². The van der Waals surface area contributed by atoms with Gasteiger partial charge in [-0.3, -0.25) is 0 Å². The third kappa shape index (κ3) is 3.32. The summed E-state index contributed by atoms with van der Waals surface area (Å²) in [6.07, 6.45) is 0. The molecule has 0 atom stereocenters. The van der Waals surface area contributed by atoms with Gasteiger partial charge in [0.15, 0.2) is 0 Å². The van der Waals surface area contributed by atoms with Crippen molar-refractivity contribution in [2.75, 3.05) is 14.2 Å². The van der Waals surface area contributed by atoms with Gasteiger partial charge in [-0.2, -0.15) is 4.31 Å². The smallest absolute Gasteiger partial charge is 0.243 e. The fourth-order valence-electron chi connectivity index (χ4n) is 1.67. The number of hydrogen-bond acceptors (Lipinski definition) is 4. The predicted octanol–water partition coefficient (Wildman–Crippen LogP) is 3.23. The van der Waals surface area contributed by atoms with Crippen LogP contribution in [0.3, 0.4) is 0 Å². The molecule has 0 saturated carbocycles.